The topological polar surface area (TPSA) is 72.3 Å². The van der Waals surface area contributed by atoms with Gasteiger partial charge in [0, 0.05) is 29.8 Å². The predicted octanol–water partition coefficient (Wildman–Crippen LogP) is 4.20. The van der Waals surface area contributed by atoms with Crippen LogP contribution in [0.25, 0.3) is 5.82 Å². The molecule has 1 saturated carbocycles. The first-order valence-corrected chi connectivity index (χ1v) is 10.1. The molecule has 142 valence electrons. The molecular formula is C21H28N6. The van der Waals surface area contributed by atoms with Gasteiger partial charge in [-0.05, 0) is 44.7 Å². The maximum Gasteiger partial charge on any atom is 0.157 e. The van der Waals surface area contributed by atoms with Gasteiger partial charge >= 0.3 is 0 Å². The van der Waals surface area contributed by atoms with Crippen LogP contribution in [0.3, 0.4) is 0 Å². The van der Waals surface area contributed by atoms with Crippen molar-refractivity contribution in [2.24, 2.45) is 0 Å². The van der Waals surface area contributed by atoms with Gasteiger partial charge in [-0.15, -0.1) is 0 Å². The lowest BCUT2D eigenvalue weighted by Crippen LogP contribution is -2.08. The fourth-order valence-corrected chi connectivity index (χ4v) is 4.31. The van der Waals surface area contributed by atoms with E-state index >= 15 is 0 Å². The van der Waals surface area contributed by atoms with E-state index in [0.29, 0.717) is 5.92 Å². The normalized spacial score (nSPS) is 15.4. The molecule has 1 aliphatic rings. The molecular weight excluding hydrogens is 336 g/mol. The number of hydrogen-bond acceptors (Lipinski definition) is 4. The molecule has 3 aromatic rings. The van der Waals surface area contributed by atoms with Gasteiger partial charge in [-0.2, -0.15) is 10.2 Å². The fraction of sp³-hybridized carbons (Fsp3) is 0.524. The number of hydrogen-bond donors (Lipinski definition) is 1. The number of aromatic nitrogens is 6. The van der Waals surface area contributed by atoms with Gasteiger partial charge in [-0.25, -0.2) is 14.6 Å². The zero-order valence-corrected chi connectivity index (χ0v) is 16.5. The van der Waals surface area contributed by atoms with Crippen LogP contribution in [0.5, 0.6) is 0 Å². The molecule has 0 radical (unpaired) electrons. The summed E-state index contributed by atoms with van der Waals surface area (Å²) < 4.78 is 1.88. The summed E-state index contributed by atoms with van der Waals surface area (Å²) in [5, 5.41) is 12.6. The molecule has 3 aromatic heterocycles. The first-order valence-electron chi connectivity index (χ1n) is 10.1. The second kappa shape index (κ2) is 7.62. The van der Waals surface area contributed by atoms with Gasteiger partial charge in [0.05, 0.1) is 17.1 Å². The molecule has 0 spiro atoms. The Labute approximate surface area is 160 Å². The minimum Gasteiger partial charge on any atom is -0.282 e. The highest BCUT2D eigenvalue weighted by Gasteiger charge is 2.23. The Balaban J connectivity index is 1.60. The van der Waals surface area contributed by atoms with E-state index in [2.05, 4.69) is 33.2 Å². The minimum atomic E-state index is 0.620. The molecule has 0 atom stereocenters. The van der Waals surface area contributed by atoms with E-state index in [4.69, 9.17) is 5.10 Å². The first kappa shape index (κ1) is 17.9. The smallest absolute Gasteiger partial charge is 0.157 e. The molecule has 0 unspecified atom stereocenters. The Kier molecular flexibility index (Phi) is 5.05. The van der Waals surface area contributed by atoms with Crippen molar-refractivity contribution in [1.29, 1.82) is 0 Å². The van der Waals surface area contributed by atoms with Crippen LogP contribution >= 0.6 is 0 Å². The van der Waals surface area contributed by atoms with Gasteiger partial charge in [-0.3, -0.25) is 5.10 Å². The zero-order chi connectivity index (χ0) is 18.8. The van der Waals surface area contributed by atoms with Crippen LogP contribution in [0.2, 0.25) is 0 Å². The SMILES string of the molecule is CCc1c(C2CCCCC2)n[nH]c1Cc1cc(-n2nc(C)cc2C)ncn1. The number of aromatic amines is 1. The lowest BCUT2D eigenvalue weighted by atomic mass is 9.84. The van der Waals surface area contributed by atoms with E-state index in [-0.39, 0.29) is 0 Å². The highest BCUT2D eigenvalue weighted by atomic mass is 15.3. The Morgan fingerprint density at radius 1 is 1.11 bits per heavy atom. The van der Waals surface area contributed by atoms with Crippen LogP contribution in [0.15, 0.2) is 18.5 Å². The maximum atomic E-state index is 4.72. The Hall–Kier alpha value is -2.50. The zero-order valence-electron chi connectivity index (χ0n) is 16.5. The second-order valence-corrected chi connectivity index (χ2v) is 7.64. The van der Waals surface area contributed by atoms with Crippen LogP contribution in [-0.4, -0.2) is 29.9 Å². The molecule has 4 rings (SSSR count). The molecule has 0 amide bonds. The quantitative estimate of drug-likeness (QED) is 0.736. The Morgan fingerprint density at radius 3 is 2.63 bits per heavy atom. The summed E-state index contributed by atoms with van der Waals surface area (Å²) in [6.07, 6.45) is 9.95. The van der Waals surface area contributed by atoms with E-state index in [1.165, 1.54) is 49.1 Å². The van der Waals surface area contributed by atoms with Gasteiger partial charge in [0.25, 0.3) is 0 Å². The third kappa shape index (κ3) is 3.66. The van der Waals surface area contributed by atoms with Crippen LogP contribution in [0.4, 0.5) is 0 Å². The molecule has 6 heteroatoms. The van der Waals surface area contributed by atoms with Crippen LogP contribution in [0.1, 0.15) is 79.0 Å². The van der Waals surface area contributed by atoms with Gasteiger partial charge in [-0.1, -0.05) is 26.2 Å². The van der Waals surface area contributed by atoms with Crippen LogP contribution in [0, 0.1) is 13.8 Å². The molecule has 1 N–H and O–H groups in total. The van der Waals surface area contributed by atoms with Crippen LogP contribution in [-0.2, 0) is 12.8 Å². The molecule has 27 heavy (non-hydrogen) atoms. The fourth-order valence-electron chi connectivity index (χ4n) is 4.31. The van der Waals surface area contributed by atoms with Gasteiger partial charge in [0.15, 0.2) is 5.82 Å². The van der Waals surface area contributed by atoms with Crippen molar-refractivity contribution >= 4 is 0 Å². The maximum absolute atomic E-state index is 4.72. The van der Waals surface area contributed by atoms with E-state index in [1.54, 1.807) is 6.33 Å². The van der Waals surface area contributed by atoms with Crippen molar-refractivity contribution < 1.29 is 0 Å². The van der Waals surface area contributed by atoms with Gasteiger partial charge in [0.2, 0.25) is 0 Å². The molecule has 1 fully saturated rings. The largest absolute Gasteiger partial charge is 0.282 e. The summed E-state index contributed by atoms with van der Waals surface area (Å²) in [7, 11) is 0. The third-order valence-electron chi connectivity index (χ3n) is 5.62. The third-order valence-corrected chi connectivity index (χ3v) is 5.62. The average Bonchev–Trinajstić information content (AvgIpc) is 3.24. The predicted molar refractivity (Wildman–Crippen MR) is 105 cm³/mol. The second-order valence-electron chi connectivity index (χ2n) is 7.64. The number of aryl methyl sites for hydroxylation is 2. The van der Waals surface area contributed by atoms with Gasteiger partial charge in [0.1, 0.15) is 6.33 Å². The standard InChI is InChI=1S/C21H28N6/c1-4-18-19(24-25-21(18)16-8-6-5-7-9-16)11-17-12-20(23-13-22-17)27-15(3)10-14(2)26-27/h10,12-13,16H,4-9,11H2,1-3H3,(H,24,25). The number of nitrogens with one attached hydrogen (secondary N) is 1. The molecule has 0 bridgehead atoms. The van der Waals surface area contributed by atoms with E-state index in [1.807, 2.05) is 24.6 Å². The number of nitrogens with zero attached hydrogens (tertiary/aromatic N) is 5. The lowest BCUT2D eigenvalue weighted by Gasteiger charge is -2.20. The van der Waals surface area contributed by atoms with Crippen molar-refractivity contribution in [2.75, 3.05) is 0 Å². The molecule has 1 aliphatic carbocycles. The average molecular weight is 364 g/mol. The van der Waals surface area contributed by atoms with Crippen molar-refractivity contribution in [3.63, 3.8) is 0 Å². The van der Waals surface area contributed by atoms with Crippen molar-refractivity contribution in [2.45, 2.75) is 71.6 Å². The molecule has 0 saturated heterocycles. The van der Waals surface area contributed by atoms with E-state index < -0.39 is 0 Å². The Bertz CT molecular complexity index is 917. The summed E-state index contributed by atoms with van der Waals surface area (Å²) in [6, 6.07) is 4.09. The summed E-state index contributed by atoms with van der Waals surface area (Å²) >= 11 is 0. The summed E-state index contributed by atoms with van der Waals surface area (Å²) in [5.41, 5.74) is 6.92. The summed E-state index contributed by atoms with van der Waals surface area (Å²) in [6.45, 7) is 6.26. The van der Waals surface area contributed by atoms with Crippen molar-refractivity contribution in [3.8, 4) is 5.82 Å². The molecule has 6 nitrogen and oxygen atoms in total. The molecule has 0 aliphatic heterocycles. The van der Waals surface area contributed by atoms with Crippen molar-refractivity contribution in [1.82, 2.24) is 29.9 Å². The highest BCUT2D eigenvalue weighted by Crippen LogP contribution is 2.34. The van der Waals surface area contributed by atoms with E-state index in [9.17, 15) is 0 Å². The van der Waals surface area contributed by atoms with E-state index in [0.717, 1.165) is 35.7 Å². The monoisotopic (exact) mass is 364 g/mol. The molecule has 3 heterocycles. The molecule has 0 aromatic carbocycles. The summed E-state index contributed by atoms with van der Waals surface area (Å²) in [5.74, 6) is 1.44. The number of rotatable bonds is 5. The lowest BCUT2D eigenvalue weighted by molar-refractivity contribution is 0.434. The number of H-pyrrole nitrogens is 1. The Morgan fingerprint density at radius 2 is 1.93 bits per heavy atom. The minimum absolute atomic E-state index is 0.620. The first-order chi connectivity index (χ1) is 13.2. The summed E-state index contributed by atoms with van der Waals surface area (Å²) in [4.78, 5) is 8.90. The van der Waals surface area contributed by atoms with Gasteiger partial charge < -0.3 is 0 Å². The highest BCUT2D eigenvalue weighted by molar-refractivity contribution is 5.33. The van der Waals surface area contributed by atoms with Crippen LogP contribution < -0.4 is 0 Å². The van der Waals surface area contributed by atoms with Crippen molar-refractivity contribution in [3.05, 3.63) is 52.5 Å².